The van der Waals surface area contributed by atoms with Crippen molar-refractivity contribution in [3.05, 3.63) is 69.9 Å². The molecule has 0 fully saturated rings. The second-order valence-corrected chi connectivity index (χ2v) is 7.34. The highest BCUT2D eigenvalue weighted by Crippen LogP contribution is 2.24. The van der Waals surface area contributed by atoms with Crippen LogP contribution in [0, 0.1) is 6.92 Å². The Kier molecular flexibility index (Phi) is 4.67. The summed E-state index contributed by atoms with van der Waals surface area (Å²) < 4.78 is 5.31. The Morgan fingerprint density at radius 3 is 2.84 bits per heavy atom. The van der Waals surface area contributed by atoms with Gasteiger partial charge < -0.3 is 9.51 Å². The monoisotopic (exact) mass is 368 g/mol. The van der Waals surface area contributed by atoms with Gasteiger partial charge in [0, 0.05) is 17.5 Å². The molecule has 0 saturated carbocycles. The Hall–Kier alpha value is -2.38. The van der Waals surface area contributed by atoms with E-state index in [1.54, 1.807) is 23.1 Å². The zero-order chi connectivity index (χ0) is 17.1. The minimum Gasteiger partial charge on any atom is -0.337 e. The summed E-state index contributed by atoms with van der Waals surface area (Å²) in [4.78, 5) is 12.5. The van der Waals surface area contributed by atoms with Crippen LogP contribution in [0.4, 0.5) is 0 Å². The van der Waals surface area contributed by atoms with Gasteiger partial charge in [-0.25, -0.2) is 4.98 Å². The van der Waals surface area contributed by atoms with Gasteiger partial charge in [-0.15, -0.1) is 0 Å². The largest absolute Gasteiger partial charge is 0.337 e. The van der Waals surface area contributed by atoms with Crippen LogP contribution in [0.1, 0.15) is 22.8 Å². The van der Waals surface area contributed by atoms with E-state index in [0.29, 0.717) is 17.5 Å². The van der Waals surface area contributed by atoms with Crippen molar-refractivity contribution in [3.63, 3.8) is 0 Å². The first-order valence-corrected chi connectivity index (χ1v) is 9.78. The van der Waals surface area contributed by atoms with Crippen LogP contribution in [0.5, 0.6) is 0 Å². The van der Waals surface area contributed by atoms with Gasteiger partial charge in [-0.3, -0.25) is 0 Å². The van der Waals surface area contributed by atoms with Crippen LogP contribution >= 0.6 is 23.1 Å². The summed E-state index contributed by atoms with van der Waals surface area (Å²) in [5, 5.41) is 8.91. The molecule has 0 bridgehead atoms. The summed E-state index contributed by atoms with van der Waals surface area (Å²) >= 11 is 3.19. The van der Waals surface area contributed by atoms with Crippen molar-refractivity contribution in [2.24, 2.45) is 0 Å². The molecule has 4 rings (SSSR count). The third kappa shape index (κ3) is 3.83. The Morgan fingerprint density at radius 2 is 2.04 bits per heavy atom. The molecule has 0 aliphatic carbocycles. The van der Waals surface area contributed by atoms with Crippen molar-refractivity contribution in [3.8, 4) is 11.5 Å². The molecule has 0 aliphatic rings. The Morgan fingerprint density at radius 1 is 1.16 bits per heavy atom. The molecule has 0 atom stereocenters. The number of thiophene rings is 1. The average Bonchev–Trinajstić information content (AvgIpc) is 3.35. The van der Waals surface area contributed by atoms with Crippen molar-refractivity contribution >= 4 is 23.1 Å². The van der Waals surface area contributed by atoms with E-state index in [2.05, 4.69) is 34.2 Å². The number of nitrogens with zero attached hydrogens (tertiary/aromatic N) is 3. The Balaban J connectivity index is 1.41. The molecule has 0 radical (unpaired) electrons. The van der Waals surface area contributed by atoms with E-state index >= 15 is 0 Å². The predicted molar refractivity (Wildman–Crippen MR) is 99.7 cm³/mol. The van der Waals surface area contributed by atoms with Crippen molar-refractivity contribution in [1.82, 2.24) is 20.1 Å². The lowest BCUT2D eigenvalue weighted by molar-refractivity contribution is 0.425. The molecule has 126 valence electrons. The molecule has 0 spiro atoms. The average molecular weight is 368 g/mol. The molecule has 3 aromatic heterocycles. The van der Waals surface area contributed by atoms with Gasteiger partial charge in [0.05, 0.1) is 17.0 Å². The number of aryl methyl sites for hydroxylation is 1. The normalized spacial score (nSPS) is 11.1. The van der Waals surface area contributed by atoms with E-state index in [0.717, 1.165) is 28.5 Å². The summed E-state index contributed by atoms with van der Waals surface area (Å²) in [5.74, 6) is 1.85. The summed E-state index contributed by atoms with van der Waals surface area (Å²) in [7, 11) is 0. The molecule has 1 N–H and O–H groups in total. The zero-order valence-electron chi connectivity index (χ0n) is 13.6. The fourth-order valence-electron chi connectivity index (χ4n) is 2.45. The van der Waals surface area contributed by atoms with Crippen molar-refractivity contribution < 1.29 is 4.52 Å². The van der Waals surface area contributed by atoms with Gasteiger partial charge in [-0.2, -0.15) is 16.3 Å². The third-order valence-electron chi connectivity index (χ3n) is 3.75. The first kappa shape index (κ1) is 16.1. The Bertz CT molecular complexity index is 945. The highest BCUT2D eigenvalue weighted by atomic mass is 32.2. The van der Waals surface area contributed by atoms with E-state index in [1.165, 1.54) is 5.56 Å². The second kappa shape index (κ2) is 7.25. The van der Waals surface area contributed by atoms with Gasteiger partial charge in [0.15, 0.2) is 11.0 Å². The maximum absolute atomic E-state index is 5.31. The zero-order valence-corrected chi connectivity index (χ0v) is 15.2. The summed E-state index contributed by atoms with van der Waals surface area (Å²) in [6.45, 7) is 2.05. The number of aromatic nitrogens is 4. The minimum absolute atomic E-state index is 0.567. The van der Waals surface area contributed by atoms with E-state index < -0.39 is 0 Å². The minimum atomic E-state index is 0.567. The van der Waals surface area contributed by atoms with Gasteiger partial charge in [0.2, 0.25) is 0 Å². The molecule has 0 unspecified atom stereocenters. The fourth-order valence-corrected chi connectivity index (χ4v) is 3.86. The van der Waals surface area contributed by atoms with Gasteiger partial charge in [0.1, 0.15) is 0 Å². The number of H-pyrrole nitrogens is 1. The highest BCUT2D eigenvalue weighted by molar-refractivity contribution is 7.98. The van der Waals surface area contributed by atoms with Crippen LogP contribution in [0.3, 0.4) is 0 Å². The number of nitrogens with one attached hydrogen (secondary N) is 1. The molecule has 0 amide bonds. The predicted octanol–water partition coefficient (Wildman–Crippen LogP) is 4.71. The number of thioether (sulfide) groups is 1. The second-order valence-electron chi connectivity index (χ2n) is 5.59. The smallest absolute Gasteiger partial charge is 0.258 e. The summed E-state index contributed by atoms with van der Waals surface area (Å²) in [6.07, 6.45) is 0.828. The molecule has 25 heavy (non-hydrogen) atoms. The van der Waals surface area contributed by atoms with Crippen LogP contribution in [-0.4, -0.2) is 20.1 Å². The van der Waals surface area contributed by atoms with Crippen LogP contribution in [0.25, 0.3) is 11.5 Å². The van der Waals surface area contributed by atoms with Crippen molar-refractivity contribution in [2.45, 2.75) is 24.3 Å². The third-order valence-corrected chi connectivity index (χ3v) is 5.30. The quantitative estimate of drug-likeness (QED) is 0.499. The van der Waals surface area contributed by atoms with Gasteiger partial charge in [-0.1, -0.05) is 47.3 Å². The van der Waals surface area contributed by atoms with E-state index in [4.69, 9.17) is 9.51 Å². The summed E-state index contributed by atoms with van der Waals surface area (Å²) in [5.41, 5.74) is 4.39. The van der Waals surface area contributed by atoms with Crippen molar-refractivity contribution in [1.29, 1.82) is 0 Å². The fraction of sp³-hybridized carbons (Fsp3) is 0.167. The number of hydrogen-bond acceptors (Lipinski definition) is 6. The maximum Gasteiger partial charge on any atom is 0.258 e. The van der Waals surface area contributed by atoms with Crippen LogP contribution < -0.4 is 0 Å². The number of rotatable bonds is 6. The number of imidazole rings is 1. The van der Waals surface area contributed by atoms with E-state index in [9.17, 15) is 0 Å². The molecule has 0 aliphatic heterocycles. The van der Waals surface area contributed by atoms with Gasteiger partial charge in [-0.05, 0) is 23.9 Å². The molecule has 5 nitrogen and oxygen atoms in total. The van der Waals surface area contributed by atoms with E-state index in [1.807, 2.05) is 35.0 Å². The van der Waals surface area contributed by atoms with Crippen molar-refractivity contribution in [2.75, 3.05) is 0 Å². The molecule has 3 heterocycles. The number of aromatic amines is 1. The SMILES string of the molecule is Cc1[nH]c(SCc2noc(-c3ccsc3)n2)nc1Cc1ccccc1. The number of hydrogen-bond donors (Lipinski definition) is 1. The summed E-state index contributed by atoms with van der Waals surface area (Å²) in [6, 6.07) is 12.3. The van der Waals surface area contributed by atoms with Crippen LogP contribution in [0.15, 0.2) is 56.8 Å². The Labute approximate surface area is 153 Å². The molecular formula is C18H16N4OS2. The first-order chi connectivity index (χ1) is 12.3. The molecule has 0 saturated heterocycles. The molecular weight excluding hydrogens is 352 g/mol. The standard InChI is InChI=1S/C18H16N4OS2/c1-12-15(9-13-5-3-2-4-6-13)20-18(19-12)25-11-16-21-17(23-22-16)14-7-8-24-10-14/h2-8,10H,9,11H2,1H3,(H,19,20). The lowest BCUT2D eigenvalue weighted by Gasteiger charge is -1.98. The molecule has 7 heteroatoms. The lowest BCUT2D eigenvalue weighted by Crippen LogP contribution is -1.90. The van der Waals surface area contributed by atoms with Crippen LogP contribution in [0.2, 0.25) is 0 Å². The topological polar surface area (TPSA) is 67.6 Å². The van der Waals surface area contributed by atoms with Gasteiger partial charge in [0.25, 0.3) is 5.89 Å². The lowest BCUT2D eigenvalue weighted by atomic mass is 10.1. The van der Waals surface area contributed by atoms with E-state index in [-0.39, 0.29) is 0 Å². The molecule has 1 aromatic carbocycles. The maximum atomic E-state index is 5.31. The molecule has 4 aromatic rings. The number of benzene rings is 1. The van der Waals surface area contributed by atoms with Gasteiger partial charge >= 0.3 is 0 Å². The van der Waals surface area contributed by atoms with Crippen LogP contribution in [-0.2, 0) is 12.2 Å². The first-order valence-electron chi connectivity index (χ1n) is 7.85. The highest BCUT2D eigenvalue weighted by Gasteiger charge is 2.12.